The van der Waals surface area contributed by atoms with E-state index in [0.29, 0.717) is 17.3 Å². The Morgan fingerprint density at radius 3 is 2.94 bits per heavy atom. The Kier molecular flexibility index (Phi) is 3.33. The summed E-state index contributed by atoms with van der Waals surface area (Å²) in [6.07, 6.45) is 0.194. The van der Waals surface area contributed by atoms with Crippen LogP contribution in [-0.2, 0) is 14.3 Å². The molecule has 0 aromatic heterocycles. The average molecular weight is 254 g/mol. The highest BCUT2D eigenvalue weighted by Crippen LogP contribution is 2.27. The number of halogens is 1. The van der Waals surface area contributed by atoms with Gasteiger partial charge in [-0.2, -0.15) is 0 Å². The maximum atomic E-state index is 11.8. The molecule has 1 aliphatic rings. The number of amides is 1. The summed E-state index contributed by atoms with van der Waals surface area (Å²) in [5, 5.41) is 0.566. The van der Waals surface area contributed by atoms with Gasteiger partial charge in [-0.25, -0.2) is 0 Å². The Hall–Kier alpha value is -1.55. The van der Waals surface area contributed by atoms with Gasteiger partial charge in [0.25, 0.3) is 0 Å². The molecule has 1 amide bonds. The highest BCUT2D eigenvalue weighted by atomic mass is 35.5. The van der Waals surface area contributed by atoms with Gasteiger partial charge in [-0.1, -0.05) is 17.7 Å². The molecule has 4 nitrogen and oxygen atoms in total. The van der Waals surface area contributed by atoms with Crippen LogP contribution in [0.5, 0.6) is 0 Å². The van der Waals surface area contributed by atoms with Crippen LogP contribution in [0, 0.1) is 5.92 Å². The first-order chi connectivity index (χ1) is 8.11. The molecule has 1 unspecified atom stereocenters. The van der Waals surface area contributed by atoms with Crippen molar-refractivity contribution in [3.63, 3.8) is 0 Å². The topological polar surface area (TPSA) is 46.6 Å². The van der Waals surface area contributed by atoms with E-state index < -0.39 is 0 Å². The fourth-order valence-electron chi connectivity index (χ4n) is 1.93. The molecule has 1 aromatic rings. The monoisotopic (exact) mass is 253 g/mol. The van der Waals surface area contributed by atoms with Crippen molar-refractivity contribution in [1.29, 1.82) is 0 Å². The van der Waals surface area contributed by atoms with Gasteiger partial charge in [0, 0.05) is 23.7 Å². The first-order valence-electron chi connectivity index (χ1n) is 5.25. The number of ether oxygens (including phenoxy) is 1. The van der Waals surface area contributed by atoms with Crippen molar-refractivity contribution in [3.8, 4) is 0 Å². The van der Waals surface area contributed by atoms with E-state index in [9.17, 15) is 9.59 Å². The van der Waals surface area contributed by atoms with Crippen molar-refractivity contribution in [2.24, 2.45) is 5.92 Å². The minimum Gasteiger partial charge on any atom is -0.469 e. The van der Waals surface area contributed by atoms with Crippen LogP contribution in [0.2, 0.25) is 5.02 Å². The number of nitrogens with zero attached hydrogens (tertiary/aromatic N) is 1. The third-order valence-corrected chi connectivity index (χ3v) is 3.01. The van der Waals surface area contributed by atoms with Crippen molar-refractivity contribution in [2.75, 3.05) is 18.6 Å². The van der Waals surface area contributed by atoms with Gasteiger partial charge in [-0.15, -0.1) is 0 Å². The summed E-state index contributed by atoms with van der Waals surface area (Å²) in [4.78, 5) is 24.7. The molecule has 1 saturated heterocycles. The first kappa shape index (κ1) is 11.9. The third-order valence-electron chi connectivity index (χ3n) is 2.78. The van der Waals surface area contributed by atoms with Gasteiger partial charge in [0.2, 0.25) is 5.91 Å². The highest BCUT2D eigenvalue weighted by Gasteiger charge is 2.35. The molecule has 1 fully saturated rings. The molecule has 1 atom stereocenters. The Balaban J connectivity index is 2.18. The van der Waals surface area contributed by atoms with Crippen molar-refractivity contribution in [3.05, 3.63) is 29.3 Å². The third kappa shape index (κ3) is 2.42. The van der Waals surface area contributed by atoms with Crippen LogP contribution in [0.1, 0.15) is 6.42 Å². The second-order valence-corrected chi connectivity index (χ2v) is 4.34. The zero-order valence-electron chi connectivity index (χ0n) is 9.35. The molecule has 1 aromatic carbocycles. The fourth-order valence-corrected chi connectivity index (χ4v) is 2.11. The van der Waals surface area contributed by atoms with Gasteiger partial charge >= 0.3 is 5.97 Å². The highest BCUT2D eigenvalue weighted by molar-refractivity contribution is 6.30. The lowest BCUT2D eigenvalue weighted by molar-refractivity contribution is -0.145. The maximum absolute atomic E-state index is 11.8. The number of hydrogen-bond acceptors (Lipinski definition) is 3. The Bertz CT molecular complexity index is 461. The molecule has 2 rings (SSSR count). The van der Waals surface area contributed by atoms with E-state index >= 15 is 0 Å². The second kappa shape index (κ2) is 4.75. The van der Waals surface area contributed by atoms with Gasteiger partial charge in [0.1, 0.15) is 0 Å². The number of rotatable bonds is 2. The lowest BCUT2D eigenvalue weighted by Crippen LogP contribution is -2.26. The molecule has 0 spiro atoms. The Morgan fingerprint density at radius 2 is 2.29 bits per heavy atom. The molecular formula is C12H12ClNO3. The van der Waals surface area contributed by atoms with E-state index in [1.54, 1.807) is 29.2 Å². The minimum absolute atomic E-state index is 0.0809. The molecule has 0 radical (unpaired) electrons. The number of esters is 1. The molecular weight excluding hydrogens is 242 g/mol. The van der Waals surface area contributed by atoms with Crippen LogP contribution in [0.3, 0.4) is 0 Å². The number of benzene rings is 1. The number of carbonyl (C=O) groups excluding carboxylic acids is 2. The summed E-state index contributed by atoms with van der Waals surface area (Å²) in [5.41, 5.74) is 0.717. The van der Waals surface area contributed by atoms with Crippen molar-refractivity contribution >= 4 is 29.2 Å². The largest absolute Gasteiger partial charge is 0.469 e. The standard InChI is InChI=1S/C12H12ClNO3/c1-17-12(16)8-5-11(15)14(7-8)10-4-2-3-9(13)6-10/h2-4,6,8H,5,7H2,1H3. The quantitative estimate of drug-likeness (QED) is 0.756. The number of hydrogen-bond donors (Lipinski definition) is 0. The Morgan fingerprint density at radius 1 is 1.53 bits per heavy atom. The lowest BCUT2D eigenvalue weighted by atomic mass is 10.1. The van der Waals surface area contributed by atoms with Crippen molar-refractivity contribution in [2.45, 2.75) is 6.42 Å². The first-order valence-corrected chi connectivity index (χ1v) is 5.63. The van der Waals surface area contributed by atoms with Gasteiger partial charge in [0.15, 0.2) is 0 Å². The fraction of sp³-hybridized carbons (Fsp3) is 0.333. The number of carbonyl (C=O) groups is 2. The second-order valence-electron chi connectivity index (χ2n) is 3.91. The van der Waals surface area contributed by atoms with Crippen molar-refractivity contribution in [1.82, 2.24) is 0 Å². The Labute approximate surface area is 104 Å². The number of methoxy groups -OCH3 is 1. The number of anilines is 1. The van der Waals surface area contributed by atoms with Gasteiger partial charge in [-0.05, 0) is 18.2 Å². The molecule has 0 bridgehead atoms. The van der Waals surface area contributed by atoms with Crippen LogP contribution >= 0.6 is 11.6 Å². The van der Waals surface area contributed by atoms with Crippen LogP contribution in [0.25, 0.3) is 0 Å². The summed E-state index contributed by atoms with van der Waals surface area (Å²) >= 11 is 5.87. The zero-order chi connectivity index (χ0) is 12.4. The maximum Gasteiger partial charge on any atom is 0.311 e. The van der Waals surface area contributed by atoms with Crippen LogP contribution in [0.15, 0.2) is 24.3 Å². The average Bonchev–Trinajstić information content (AvgIpc) is 2.70. The zero-order valence-corrected chi connectivity index (χ0v) is 10.1. The van der Waals surface area contributed by atoms with E-state index in [-0.39, 0.29) is 24.2 Å². The molecule has 0 saturated carbocycles. The smallest absolute Gasteiger partial charge is 0.311 e. The molecule has 0 N–H and O–H groups in total. The SMILES string of the molecule is COC(=O)C1CC(=O)N(c2cccc(Cl)c2)C1. The predicted molar refractivity (Wildman–Crippen MR) is 63.9 cm³/mol. The van der Waals surface area contributed by atoms with Crippen LogP contribution < -0.4 is 4.90 Å². The minimum atomic E-state index is -0.383. The summed E-state index contributed by atoms with van der Waals surface area (Å²) < 4.78 is 4.65. The van der Waals surface area contributed by atoms with E-state index in [1.807, 2.05) is 0 Å². The molecule has 1 aliphatic heterocycles. The summed E-state index contributed by atoms with van der Waals surface area (Å²) in [5.74, 6) is -0.808. The van der Waals surface area contributed by atoms with Gasteiger partial charge in [0.05, 0.1) is 13.0 Å². The normalized spacial score (nSPS) is 19.5. The summed E-state index contributed by atoms with van der Waals surface area (Å²) in [6.45, 7) is 0.353. The van der Waals surface area contributed by atoms with Crippen LogP contribution in [0.4, 0.5) is 5.69 Å². The van der Waals surface area contributed by atoms with E-state index in [0.717, 1.165) is 0 Å². The summed E-state index contributed by atoms with van der Waals surface area (Å²) in [6, 6.07) is 7.02. The van der Waals surface area contributed by atoms with Gasteiger partial charge in [-0.3, -0.25) is 9.59 Å². The predicted octanol–water partition coefficient (Wildman–Crippen LogP) is 1.87. The molecule has 1 heterocycles. The summed E-state index contributed by atoms with van der Waals surface area (Å²) in [7, 11) is 1.33. The van der Waals surface area contributed by atoms with E-state index in [1.165, 1.54) is 7.11 Å². The molecule has 5 heteroatoms. The van der Waals surface area contributed by atoms with Gasteiger partial charge < -0.3 is 9.64 Å². The van der Waals surface area contributed by atoms with Crippen molar-refractivity contribution < 1.29 is 14.3 Å². The van der Waals surface area contributed by atoms with E-state index in [4.69, 9.17) is 11.6 Å². The van der Waals surface area contributed by atoms with Crippen LogP contribution in [-0.4, -0.2) is 25.5 Å². The lowest BCUT2D eigenvalue weighted by Gasteiger charge is -2.16. The van der Waals surface area contributed by atoms with E-state index in [2.05, 4.69) is 4.74 Å². The molecule has 90 valence electrons. The molecule has 17 heavy (non-hydrogen) atoms. The molecule has 0 aliphatic carbocycles.